The van der Waals surface area contributed by atoms with Crippen molar-refractivity contribution in [3.8, 4) is 0 Å². The Labute approximate surface area is 230 Å². The Morgan fingerprint density at radius 1 is 0.975 bits per heavy atom. The first kappa shape index (κ1) is 28.9. The minimum atomic E-state index is -4.86. The summed E-state index contributed by atoms with van der Waals surface area (Å²) < 4.78 is 35.4. The van der Waals surface area contributed by atoms with Crippen molar-refractivity contribution in [2.24, 2.45) is 0 Å². The summed E-state index contributed by atoms with van der Waals surface area (Å²) in [7, 11) is -4.86. The third kappa shape index (κ3) is 5.35. The highest BCUT2D eigenvalue weighted by atomic mass is 79.9. The molecule has 0 radical (unpaired) electrons. The number of hydrogen-bond donors (Lipinski definition) is 7. The van der Waals surface area contributed by atoms with Gasteiger partial charge in [-0.1, -0.05) is 0 Å². The van der Waals surface area contributed by atoms with Gasteiger partial charge in [0.1, 0.15) is 48.5 Å². The van der Waals surface area contributed by atoms with Gasteiger partial charge in [-0.15, -0.1) is 0 Å². The summed E-state index contributed by atoms with van der Waals surface area (Å²) in [5, 5.41) is 41.6. The number of aromatic amines is 1. The average molecular weight is 652 g/mol. The number of nitrogens with one attached hydrogen (secondary N) is 1. The molecule has 5 rings (SSSR count). The van der Waals surface area contributed by atoms with Gasteiger partial charge in [-0.05, 0) is 15.9 Å². The molecule has 2 aliphatic rings. The molecule has 8 N–H and O–H groups in total. The van der Waals surface area contributed by atoms with Crippen molar-refractivity contribution in [2.45, 2.75) is 49.1 Å². The number of halogens is 1. The van der Waals surface area contributed by atoms with E-state index >= 15 is 0 Å². The topological polar surface area (TPSA) is 280 Å². The van der Waals surface area contributed by atoms with E-state index in [1.807, 2.05) is 4.98 Å². The fourth-order valence-electron chi connectivity index (χ4n) is 4.27. The summed E-state index contributed by atoms with van der Waals surface area (Å²) in [4.78, 5) is 47.7. The molecule has 0 aliphatic carbocycles. The number of hydrogen-bond acceptors (Lipinski definition) is 15. The first-order valence-electron chi connectivity index (χ1n) is 11.5. The van der Waals surface area contributed by atoms with E-state index in [0.717, 1.165) is 10.8 Å². The number of aliphatic hydroxyl groups is 4. The number of ether oxygens (including phenoxy) is 2. The first-order chi connectivity index (χ1) is 18.9. The first-order valence-corrected chi connectivity index (χ1v) is 13.8. The minimum absolute atomic E-state index is 0.0485. The van der Waals surface area contributed by atoms with Crippen LogP contribution < -0.4 is 17.0 Å². The number of phosphoric acid groups is 1. The monoisotopic (exact) mass is 651 g/mol. The third-order valence-corrected chi connectivity index (χ3v) is 7.85. The number of imidazole rings is 1. The van der Waals surface area contributed by atoms with Crippen LogP contribution in [0.3, 0.4) is 0 Å². The summed E-state index contributed by atoms with van der Waals surface area (Å²) in [6, 6.07) is 0. The molecule has 3 aromatic heterocycles. The van der Waals surface area contributed by atoms with Gasteiger partial charge in [0.2, 0.25) is 0 Å². The number of rotatable bonds is 8. The van der Waals surface area contributed by atoms with E-state index in [1.165, 1.54) is 17.2 Å². The zero-order valence-electron chi connectivity index (χ0n) is 20.0. The van der Waals surface area contributed by atoms with Crippen LogP contribution in [0.2, 0.25) is 0 Å². The summed E-state index contributed by atoms with van der Waals surface area (Å²) in [5.74, 6) is 0.0869. The van der Waals surface area contributed by atoms with Crippen LogP contribution in [0.1, 0.15) is 12.5 Å². The van der Waals surface area contributed by atoms with Crippen LogP contribution >= 0.6 is 23.8 Å². The van der Waals surface area contributed by atoms with E-state index in [1.54, 1.807) is 0 Å². The molecule has 0 saturated carbocycles. The standard InChI is InChI=1S/C19H23BrN7O12P/c20-6-1-26(19(33)25-16(6)32)17-12(30)10(28)7(38-17)2-36-40(34,35)37-3-8-11(29)13(31)18(39-8)27-5-24-9-14(21)22-4-23-15(9)27/h1,4-5,7-8,10-13,17-18,28-31H,2-3H2,(H,34,35)(H2,21,22,23)(H,25,32,33)/t7-,8-,10-,11-,12-,13-,17-,18-/m1/s1. The normalized spacial score (nSPS) is 32.0. The number of aliphatic hydroxyl groups excluding tert-OH is 4. The lowest BCUT2D eigenvalue weighted by molar-refractivity contribution is -0.0627. The van der Waals surface area contributed by atoms with Crippen molar-refractivity contribution in [1.29, 1.82) is 0 Å². The smallest absolute Gasteiger partial charge is 0.387 e. The van der Waals surface area contributed by atoms with E-state index in [9.17, 15) is 39.5 Å². The SMILES string of the molecule is Nc1ncnc2c1ncn2[C@@H]1O[C@H](COP(=O)(O)OC[C@H]2O[C@@H](n3cc(Br)c(=O)[nH]c3=O)[C@H](O)[C@@H]2O)[C@@H](O)[C@H]1O. The second-order valence-electron chi connectivity index (χ2n) is 8.88. The van der Waals surface area contributed by atoms with Gasteiger partial charge in [-0.3, -0.25) is 28.0 Å². The van der Waals surface area contributed by atoms with Crippen LogP contribution in [0.15, 0.2) is 32.9 Å². The maximum atomic E-state index is 12.5. The molecule has 5 heterocycles. The van der Waals surface area contributed by atoms with Crippen LogP contribution in [-0.2, 0) is 23.1 Å². The number of fused-ring (bicyclic) bond motifs is 1. The van der Waals surface area contributed by atoms with E-state index in [4.69, 9.17) is 24.3 Å². The van der Waals surface area contributed by atoms with Gasteiger partial charge < -0.3 is 40.5 Å². The van der Waals surface area contributed by atoms with Gasteiger partial charge in [0.25, 0.3) is 5.56 Å². The van der Waals surface area contributed by atoms with E-state index < -0.39 is 81.4 Å². The van der Waals surface area contributed by atoms with E-state index in [0.29, 0.717) is 0 Å². The number of aromatic nitrogens is 6. The van der Waals surface area contributed by atoms with Gasteiger partial charge >= 0.3 is 13.5 Å². The number of nitrogens with zero attached hydrogens (tertiary/aromatic N) is 5. The number of anilines is 1. The molecule has 0 amide bonds. The average Bonchev–Trinajstić information content (AvgIpc) is 3.55. The molecule has 2 fully saturated rings. The third-order valence-electron chi connectivity index (χ3n) is 6.34. The van der Waals surface area contributed by atoms with Crippen molar-refractivity contribution < 1.29 is 48.4 Å². The van der Waals surface area contributed by atoms with Crippen molar-refractivity contribution >= 4 is 40.7 Å². The molecule has 9 atom stereocenters. The van der Waals surface area contributed by atoms with E-state index in [-0.39, 0.29) is 21.5 Å². The fraction of sp³-hybridized carbons (Fsp3) is 0.526. The van der Waals surface area contributed by atoms with Gasteiger partial charge in [-0.25, -0.2) is 24.3 Å². The minimum Gasteiger partial charge on any atom is -0.387 e. The number of phosphoric ester groups is 1. The van der Waals surface area contributed by atoms with Crippen LogP contribution in [-0.4, -0.2) is 104 Å². The Hall–Kier alpha value is -2.62. The van der Waals surface area contributed by atoms with Gasteiger partial charge in [0, 0.05) is 6.20 Å². The number of H-pyrrole nitrogens is 1. The van der Waals surface area contributed by atoms with Crippen molar-refractivity contribution in [1.82, 2.24) is 29.1 Å². The molecule has 21 heteroatoms. The summed E-state index contributed by atoms with van der Waals surface area (Å²) >= 11 is 2.94. The largest absolute Gasteiger partial charge is 0.472 e. The van der Waals surface area contributed by atoms with Crippen molar-refractivity contribution in [3.05, 3.63) is 44.2 Å². The summed E-state index contributed by atoms with van der Waals surface area (Å²) in [6.45, 7) is -1.46. The molecule has 40 heavy (non-hydrogen) atoms. The predicted molar refractivity (Wildman–Crippen MR) is 132 cm³/mol. The highest BCUT2D eigenvalue weighted by Gasteiger charge is 2.47. The molecular weight excluding hydrogens is 629 g/mol. The molecule has 0 bridgehead atoms. The summed E-state index contributed by atoms with van der Waals surface area (Å²) in [6.07, 6.45) is -8.19. The van der Waals surface area contributed by atoms with Crippen molar-refractivity contribution in [2.75, 3.05) is 18.9 Å². The lowest BCUT2D eigenvalue weighted by Gasteiger charge is -2.20. The zero-order chi connectivity index (χ0) is 28.9. The highest BCUT2D eigenvalue weighted by molar-refractivity contribution is 9.10. The quantitative estimate of drug-likeness (QED) is 0.120. The van der Waals surface area contributed by atoms with Gasteiger partial charge in [0.05, 0.1) is 24.0 Å². The maximum absolute atomic E-state index is 12.5. The van der Waals surface area contributed by atoms with E-state index in [2.05, 4.69) is 30.9 Å². The molecule has 2 saturated heterocycles. The second-order valence-corrected chi connectivity index (χ2v) is 11.2. The molecule has 218 valence electrons. The summed E-state index contributed by atoms with van der Waals surface area (Å²) in [5.41, 5.74) is 4.56. The maximum Gasteiger partial charge on any atom is 0.472 e. The highest BCUT2D eigenvalue weighted by Crippen LogP contribution is 2.45. The predicted octanol–water partition coefficient (Wildman–Crippen LogP) is -2.91. The number of nitrogen functional groups attached to an aromatic ring is 1. The van der Waals surface area contributed by atoms with Gasteiger partial charge in [0.15, 0.2) is 23.9 Å². The lowest BCUT2D eigenvalue weighted by atomic mass is 10.1. The molecule has 0 aromatic carbocycles. The van der Waals surface area contributed by atoms with Crippen LogP contribution in [0, 0.1) is 0 Å². The van der Waals surface area contributed by atoms with Crippen LogP contribution in [0.4, 0.5) is 5.82 Å². The molecule has 19 nitrogen and oxygen atoms in total. The Morgan fingerprint density at radius 3 is 2.15 bits per heavy atom. The molecule has 1 unspecified atom stereocenters. The number of nitrogens with two attached hydrogens (primary N) is 1. The Kier molecular flexibility index (Phi) is 7.94. The molecule has 0 spiro atoms. The zero-order valence-corrected chi connectivity index (χ0v) is 22.5. The lowest BCUT2D eigenvalue weighted by Crippen LogP contribution is -2.38. The van der Waals surface area contributed by atoms with Crippen molar-refractivity contribution in [3.63, 3.8) is 0 Å². The van der Waals surface area contributed by atoms with Crippen LogP contribution in [0.5, 0.6) is 0 Å². The molecule has 2 aliphatic heterocycles. The Balaban J connectivity index is 1.19. The molecular formula is C19H23BrN7O12P. The Bertz CT molecular complexity index is 1570. The van der Waals surface area contributed by atoms with Crippen LogP contribution in [0.25, 0.3) is 11.2 Å². The molecule has 3 aromatic rings. The second kappa shape index (κ2) is 11.0. The fourth-order valence-corrected chi connectivity index (χ4v) is 5.34. The van der Waals surface area contributed by atoms with Gasteiger partial charge in [-0.2, -0.15) is 0 Å². The Morgan fingerprint density at radius 2 is 1.55 bits per heavy atom.